The van der Waals surface area contributed by atoms with Crippen LogP contribution in [0.2, 0.25) is 0 Å². The summed E-state index contributed by atoms with van der Waals surface area (Å²) >= 11 is 0. The molecule has 0 aliphatic carbocycles. The first-order chi connectivity index (χ1) is 15.8. The van der Waals surface area contributed by atoms with Crippen molar-refractivity contribution < 1.29 is 4.74 Å². The molecule has 3 aromatic rings. The summed E-state index contributed by atoms with van der Waals surface area (Å²) in [5.41, 5.74) is 4.76. The molecule has 8 nitrogen and oxygen atoms in total. The molecule has 0 amide bonds. The number of nitrogens with one attached hydrogen (secondary N) is 2. The molecule has 0 unspecified atom stereocenters. The van der Waals surface area contributed by atoms with E-state index in [0.29, 0.717) is 6.54 Å². The number of benzene rings is 2. The molecule has 2 heterocycles. The number of ether oxygens (including phenoxy) is 1. The Balaban J connectivity index is 1.36. The second-order valence-electron chi connectivity index (χ2n) is 7.71. The van der Waals surface area contributed by atoms with Crippen molar-refractivity contribution in [1.29, 1.82) is 0 Å². The van der Waals surface area contributed by atoms with Crippen molar-refractivity contribution in [2.75, 3.05) is 32.8 Å². The van der Waals surface area contributed by atoms with Gasteiger partial charge in [-0.1, -0.05) is 36.4 Å². The summed E-state index contributed by atoms with van der Waals surface area (Å²) in [6.45, 7) is 8.79. The summed E-state index contributed by atoms with van der Waals surface area (Å²) < 4.78 is 7.22. The lowest BCUT2D eigenvalue weighted by Gasteiger charge is -2.27. The van der Waals surface area contributed by atoms with Crippen LogP contribution in [0.5, 0.6) is 0 Å². The monoisotopic (exact) mass is 433 g/mol. The van der Waals surface area contributed by atoms with Crippen molar-refractivity contribution >= 4 is 5.96 Å². The van der Waals surface area contributed by atoms with Gasteiger partial charge in [0.25, 0.3) is 0 Å². The average molecular weight is 434 g/mol. The van der Waals surface area contributed by atoms with Crippen molar-refractivity contribution in [3.63, 3.8) is 0 Å². The Kier molecular flexibility index (Phi) is 7.84. The number of hydrogen-bond donors (Lipinski definition) is 2. The van der Waals surface area contributed by atoms with Crippen molar-refractivity contribution in [3.05, 3.63) is 77.9 Å². The summed E-state index contributed by atoms with van der Waals surface area (Å²) in [6, 6.07) is 16.8. The highest BCUT2D eigenvalue weighted by Gasteiger charge is 2.12. The molecular weight excluding hydrogens is 402 g/mol. The quantitative estimate of drug-likeness (QED) is 0.419. The maximum Gasteiger partial charge on any atom is 0.191 e. The van der Waals surface area contributed by atoms with E-state index < -0.39 is 0 Å². The SMILES string of the molecule is CCNC(=NCc1ccc(-n2cncn2)cc1)NCc1ccccc1CN1CCOCC1. The first kappa shape index (κ1) is 22.0. The predicted molar refractivity (Wildman–Crippen MR) is 126 cm³/mol. The van der Waals surface area contributed by atoms with Crippen LogP contribution in [0.25, 0.3) is 5.69 Å². The van der Waals surface area contributed by atoms with Crippen molar-refractivity contribution in [1.82, 2.24) is 30.3 Å². The minimum Gasteiger partial charge on any atom is -0.379 e. The van der Waals surface area contributed by atoms with Gasteiger partial charge in [0.1, 0.15) is 12.7 Å². The van der Waals surface area contributed by atoms with E-state index >= 15 is 0 Å². The van der Waals surface area contributed by atoms with Crippen molar-refractivity contribution in [2.45, 2.75) is 26.6 Å². The normalized spacial score (nSPS) is 15.0. The first-order valence-corrected chi connectivity index (χ1v) is 11.1. The fraction of sp³-hybridized carbons (Fsp3) is 0.375. The lowest BCUT2D eigenvalue weighted by molar-refractivity contribution is 0.0341. The number of aromatic nitrogens is 3. The molecule has 1 aromatic heterocycles. The maximum absolute atomic E-state index is 5.48. The van der Waals surface area contributed by atoms with Gasteiger partial charge in [-0.15, -0.1) is 0 Å². The molecule has 4 rings (SSSR count). The smallest absolute Gasteiger partial charge is 0.191 e. The van der Waals surface area contributed by atoms with Crippen molar-refractivity contribution in [2.24, 2.45) is 4.99 Å². The molecule has 0 spiro atoms. The number of rotatable bonds is 8. The number of nitrogens with zero attached hydrogens (tertiary/aromatic N) is 5. The number of hydrogen-bond acceptors (Lipinski definition) is 5. The van der Waals surface area contributed by atoms with E-state index in [1.807, 2.05) is 12.1 Å². The Morgan fingerprint density at radius 3 is 2.53 bits per heavy atom. The first-order valence-electron chi connectivity index (χ1n) is 11.1. The van der Waals surface area contributed by atoms with Crippen LogP contribution < -0.4 is 10.6 Å². The standard InChI is InChI=1S/C24H31N7O/c1-2-26-24(27-15-20-7-9-23(10-8-20)31-19-25-18-29-31)28-16-21-5-3-4-6-22(21)17-30-11-13-32-14-12-30/h3-10,18-19H,2,11-17H2,1H3,(H2,26,27,28). The van der Waals surface area contributed by atoms with Gasteiger partial charge in [0.15, 0.2) is 5.96 Å². The van der Waals surface area contributed by atoms with E-state index in [9.17, 15) is 0 Å². The molecule has 2 N–H and O–H groups in total. The minimum absolute atomic E-state index is 0.600. The molecule has 0 saturated carbocycles. The number of aliphatic imine (C=N–C) groups is 1. The van der Waals surface area contributed by atoms with Gasteiger partial charge in [0, 0.05) is 32.7 Å². The van der Waals surface area contributed by atoms with Crippen LogP contribution in [0.15, 0.2) is 66.2 Å². The zero-order valence-corrected chi connectivity index (χ0v) is 18.6. The lowest BCUT2D eigenvalue weighted by Crippen LogP contribution is -2.38. The molecule has 8 heteroatoms. The van der Waals surface area contributed by atoms with Gasteiger partial charge in [0.2, 0.25) is 0 Å². The fourth-order valence-electron chi connectivity index (χ4n) is 3.67. The molecule has 2 aromatic carbocycles. The zero-order valence-electron chi connectivity index (χ0n) is 18.6. The van der Waals surface area contributed by atoms with Gasteiger partial charge in [-0.05, 0) is 35.7 Å². The topological polar surface area (TPSA) is 79.6 Å². The molecule has 168 valence electrons. The van der Waals surface area contributed by atoms with Crippen LogP contribution in [0.4, 0.5) is 0 Å². The maximum atomic E-state index is 5.48. The summed E-state index contributed by atoms with van der Waals surface area (Å²) in [7, 11) is 0. The van der Waals surface area contributed by atoms with E-state index in [0.717, 1.165) is 63.1 Å². The number of guanidine groups is 1. The van der Waals surface area contributed by atoms with E-state index in [1.54, 1.807) is 11.0 Å². The van der Waals surface area contributed by atoms with Crippen LogP contribution in [-0.4, -0.2) is 58.5 Å². The predicted octanol–water partition coefficient (Wildman–Crippen LogP) is 2.35. The second-order valence-corrected chi connectivity index (χ2v) is 7.71. The van der Waals surface area contributed by atoms with E-state index in [1.165, 1.54) is 17.5 Å². The molecule has 32 heavy (non-hydrogen) atoms. The van der Waals surface area contributed by atoms with Crippen LogP contribution in [0, 0.1) is 0 Å². The Hall–Kier alpha value is -3.23. The molecule has 0 bridgehead atoms. The average Bonchev–Trinajstić information content (AvgIpc) is 3.38. The van der Waals surface area contributed by atoms with Gasteiger partial charge < -0.3 is 15.4 Å². The third-order valence-corrected chi connectivity index (χ3v) is 5.45. The van der Waals surface area contributed by atoms with Crippen LogP contribution in [-0.2, 0) is 24.4 Å². The third-order valence-electron chi connectivity index (χ3n) is 5.45. The highest BCUT2D eigenvalue weighted by Crippen LogP contribution is 2.13. The van der Waals surface area contributed by atoms with Gasteiger partial charge in [-0.3, -0.25) is 4.90 Å². The fourth-order valence-corrected chi connectivity index (χ4v) is 3.67. The molecule has 0 atom stereocenters. The van der Waals surface area contributed by atoms with Crippen molar-refractivity contribution in [3.8, 4) is 5.69 Å². The zero-order chi connectivity index (χ0) is 22.0. The van der Waals surface area contributed by atoms with E-state index in [-0.39, 0.29) is 0 Å². The summed E-state index contributed by atoms with van der Waals surface area (Å²) in [5, 5.41) is 11.0. The number of morpholine rings is 1. The van der Waals surface area contributed by atoms with Crippen LogP contribution in [0.3, 0.4) is 0 Å². The van der Waals surface area contributed by atoms with Gasteiger partial charge >= 0.3 is 0 Å². The van der Waals surface area contributed by atoms with E-state index in [2.05, 4.69) is 68.9 Å². The molecule has 1 aliphatic rings. The molecule has 1 aliphatic heterocycles. The second kappa shape index (κ2) is 11.4. The van der Waals surface area contributed by atoms with Gasteiger partial charge in [-0.2, -0.15) is 5.10 Å². The Morgan fingerprint density at radius 1 is 1.03 bits per heavy atom. The van der Waals surface area contributed by atoms with Gasteiger partial charge in [-0.25, -0.2) is 14.7 Å². The van der Waals surface area contributed by atoms with Crippen LogP contribution >= 0.6 is 0 Å². The molecule has 0 radical (unpaired) electrons. The largest absolute Gasteiger partial charge is 0.379 e. The summed E-state index contributed by atoms with van der Waals surface area (Å²) in [4.78, 5) is 11.2. The van der Waals surface area contributed by atoms with Gasteiger partial charge in [0.05, 0.1) is 25.4 Å². The minimum atomic E-state index is 0.600. The van der Waals surface area contributed by atoms with E-state index in [4.69, 9.17) is 9.73 Å². The highest BCUT2D eigenvalue weighted by molar-refractivity contribution is 5.79. The Labute approximate surface area is 189 Å². The lowest BCUT2D eigenvalue weighted by atomic mass is 10.1. The molecule has 1 fully saturated rings. The summed E-state index contributed by atoms with van der Waals surface area (Å²) in [5.74, 6) is 0.814. The third kappa shape index (κ3) is 6.15. The molecular formula is C24H31N7O. The highest BCUT2D eigenvalue weighted by atomic mass is 16.5. The Bertz CT molecular complexity index is 980. The molecule has 1 saturated heterocycles. The van der Waals surface area contributed by atoms with Crippen LogP contribution in [0.1, 0.15) is 23.6 Å². The Morgan fingerprint density at radius 2 is 1.81 bits per heavy atom. The summed E-state index contributed by atoms with van der Waals surface area (Å²) in [6.07, 6.45) is 3.23.